The third kappa shape index (κ3) is 4.35. The smallest absolute Gasteiger partial charge is 0.263 e. The van der Waals surface area contributed by atoms with Gasteiger partial charge >= 0.3 is 0 Å². The number of nitrogens with one attached hydrogen (secondary N) is 2. The molecule has 0 spiro atoms. The van der Waals surface area contributed by atoms with Gasteiger partial charge in [-0.1, -0.05) is 6.92 Å². The summed E-state index contributed by atoms with van der Waals surface area (Å²) in [4.78, 5) is 4.33. The van der Waals surface area contributed by atoms with E-state index in [1.165, 1.54) is 6.07 Å². The molecule has 2 N–H and O–H groups in total. The first-order valence-corrected chi connectivity index (χ1v) is 8.82. The number of aromatic nitrogens is 1. The summed E-state index contributed by atoms with van der Waals surface area (Å²) in [6.07, 6.45) is 2.61. The van der Waals surface area contributed by atoms with Gasteiger partial charge in [-0.05, 0) is 49.2 Å². The lowest BCUT2D eigenvalue weighted by Gasteiger charge is -2.11. The molecule has 0 saturated heterocycles. The number of pyridine rings is 1. The Hall–Kier alpha value is -2.28. The Morgan fingerprint density at radius 2 is 2.00 bits per heavy atom. The molecule has 0 bridgehead atoms. The van der Waals surface area contributed by atoms with Crippen LogP contribution in [0.5, 0.6) is 5.75 Å². The predicted molar refractivity (Wildman–Crippen MR) is 91.6 cm³/mol. The average Bonchev–Trinajstić information content (AvgIpc) is 2.53. The van der Waals surface area contributed by atoms with Crippen molar-refractivity contribution in [1.29, 1.82) is 0 Å². The van der Waals surface area contributed by atoms with Gasteiger partial charge in [0.15, 0.2) is 0 Å². The maximum absolute atomic E-state index is 12.5. The van der Waals surface area contributed by atoms with Gasteiger partial charge in [-0.3, -0.25) is 4.72 Å². The lowest BCUT2D eigenvalue weighted by atomic mass is 10.2. The van der Waals surface area contributed by atoms with E-state index in [0.29, 0.717) is 11.3 Å². The molecular formula is C16H21N3O3S. The van der Waals surface area contributed by atoms with E-state index in [-0.39, 0.29) is 10.7 Å². The molecule has 1 aromatic heterocycles. The van der Waals surface area contributed by atoms with E-state index in [1.54, 1.807) is 44.5 Å². The highest BCUT2D eigenvalue weighted by molar-refractivity contribution is 7.92. The van der Waals surface area contributed by atoms with Gasteiger partial charge in [0.05, 0.1) is 23.9 Å². The SMILES string of the molecule is CCCNc1ccc(NS(=O)(=O)c2ccc(OC)cc2C)nc1. The molecule has 0 atom stereocenters. The number of methoxy groups -OCH3 is 1. The van der Waals surface area contributed by atoms with Crippen molar-refractivity contribution in [3.8, 4) is 5.75 Å². The van der Waals surface area contributed by atoms with Crippen LogP contribution in [-0.4, -0.2) is 27.1 Å². The van der Waals surface area contributed by atoms with Gasteiger partial charge in [0.25, 0.3) is 10.0 Å². The summed E-state index contributed by atoms with van der Waals surface area (Å²) in [5, 5.41) is 3.18. The first-order valence-electron chi connectivity index (χ1n) is 7.33. The molecular weight excluding hydrogens is 314 g/mol. The number of hydrogen-bond acceptors (Lipinski definition) is 5. The minimum atomic E-state index is -3.69. The van der Waals surface area contributed by atoms with Crippen LogP contribution in [0, 0.1) is 6.92 Å². The molecule has 7 heteroatoms. The van der Waals surface area contributed by atoms with Gasteiger partial charge < -0.3 is 10.1 Å². The van der Waals surface area contributed by atoms with Crippen molar-refractivity contribution in [3.05, 3.63) is 42.1 Å². The van der Waals surface area contributed by atoms with Crippen LogP contribution in [0.15, 0.2) is 41.4 Å². The standard InChI is InChI=1S/C16H21N3O3S/c1-4-9-17-13-5-8-16(18-11-13)19-23(20,21)15-7-6-14(22-3)10-12(15)2/h5-8,10-11,17H,4,9H2,1-3H3,(H,18,19). The van der Waals surface area contributed by atoms with Crippen molar-refractivity contribution in [2.75, 3.05) is 23.7 Å². The predicted octanol–water partition coefficient (Wildman–Crippen LogP) is 3.02. The highest BCUT2D eigenvalue weighted by Gasteiger charge is 2.17. The van der Waals surface area contributed by atoms with Crippen LogP contribution in [0.2, 0.25) is 0 Å². The second-order valence-corrected chi connectivity index (χ2v) is 6.75. The number of sulfonamides is 1. The van der Waals surface area contributed by atoms with Crippen LogP contribution in [0.25, 0.3) is 0 Å². The molecule has 0 unspecified atom stereocenters. The molecule has 0 saturated carbocycles. The van der Waals surface area contributed by atoms with Crippen molar-refractivity contribution in [2.45, 2.75) is 25.2 Å². The van der Waals surface area contributed by atoms with E-state index in [1.807, 2.05) is 0 Å². The molecule has 1 aromatic carbocycles. The third-order valence-electron chi connectivity index (χ3n) is 3.25. The van der Waals surface area contributed by atoms with Crippen LogP contribution in [0.4, 0.5) is 11.5 Å². The van der Waals surface area contributed by atoms with Crippen LogP contribution < -0.4 is 14.8 Å². The Kier molecular flexibility index (Phi) is 5.44. The second-order valence-electron chi connectivity index (χ2n) is 5.10. The Bertz CT molecular complexity index is 759. The Morgan fingerprint density at radius 3 is 2.57 bits per heavy atom. The maximum atomic E-state index is 12.5. The normalized spacial score (nSPS) is 11.1. The number of rotatable bonds is 7. The summed E-state index contributed by atoms with van der Waals surface area (Å²) < 4.78 is 32.5. The second kappa shape index (κ2) is 7.32. The minimum absolute atomic E-state index is 0.202. The molecule has 0 radical (unpaired) electrons. The number of ether oxygens (including phenoxy) is 1. The zero-order valence-electron chi connectivity index (χ0n) is 13.5. The van der Waals surface area contributed by atoms with E-state index in [0.717, 1.165) is 18.7 Å². The van der Waals surface area contributed by atoms with E-state index >= 15 is 0 Å². The fraction of sp³-hybridized carbons (Fsp3) is 0.312. The Balaban J connectivity index is 2.18. The van der Waals surface area contributed by atoms with Crippen molar-refractivity contribution < 1.29 is 13.2 Å². The first kappa shape index (κ1) is 17.1. The fourth-order valence-electron chi connectivity index (χ4n) is 2.07. The molecule has 23 heavy (non-hydrogen) atoms. The summed E-state index contributed by atoms with van der Waals surface area (Å²) in [7, 11) is -2.15. The monoisotopic (exact) mass is 335 g/mol. The summed E-state index contributed by atoms with van der Waals surface area (Å²) in [5.41, 5.74) is 1.47. The van der Waals surface area contributed by atoms with Crippen LogP contribution >= 0.6 is 0 Å². The maximum Gasteiger partial charge on any atom is 0.263 e. The highest BCUT2D eigenvalue weighted by atomic mass is 32.2. The van der Waals surface area contributed by atoms with Crippen LogP contribution in [0.1, 0.15) is 18.9 Å². The largest absolute Gasteiger partial charge is 0.497 e. The summed E-state index contributed by atoms with van der Waals surface area (Å²) in [6, 6.07) is 8.25. The number of nitrogens with zero attached hydrogens (tertiary/aromatic N) is 1. The number of aryl methyl sites for hydroxylation is 1. The lowest BCUT2D eigenvalue weighted by Crippen LogP contribution is -2.15. The van der Waals surface area contributed by atoms with Crippen molar-refractivity contribution in [1.82, 2.24) is 4.98 Å². The lowest BCUT2D eigenvalue weighted by molar-refractivity contribution is 0.414. The molecule has 0 aliphatic rings. The molecule has 2 aromatic rings. The van der Waals surface area contributed by atoms with Crippen LogP contribution in [0.3, 0.4) is 0 Å². The number of anilines is 2. The summed E-state index contributed by atoms with van der Waals surface area (Å²) in [6.45, 7) is 4.64. The van der Waals surface area contributed by atoms with Crippen LogP contribution in [-0.2, 0) is 10.0 Å². The number of benzene rings is 1. The van der Waals surface area contributed by atoms with Crippen molar-refractivity contribution in [3.63, 3.8) is 0 Å². The zero-order valence-corrected chi connectivity index (χ0v) is 14.3. The summed E-state index contributed by atoms with van der Waals surface area (Å²) >= 11 is 0. The fourth-order valence-corrected chi connectivity index (χ4v) is 3.31. The van der Waals surface area contributed by atoms with E-state index in [2.05, 4.69) is 21.9 Å². The minimum Gasteiger partial charge on any atom is -0.497 e. The van der Waals surface area contributed by atoms with E-state index < -0.39 is 10.0 Å². The number of hydrogen-bond donors (Lipinski definition) is 2. The topological polar surface area (TPSA) is 80.3 Å². The van der Waals surface area contributed by atoms with Gasteiger partial charge in [0.1, 0.15) is 11.6 Å². The average molecular weight is 335 g/mol. The Morgan fingerprint density at radius 1 is 1.22 bits per heavy atom. The van der Waals surface area contributed by atoms with Gasteiger partial charge in [-0.25, -0.2) is 13.4 Å². The third-order valence-corrected chi connectivity index (χ3v) is 4.77. The van der Waals surface area contributed by atoms with E-state index in [9.17, 15) is 8.42 Å². The Labute approximate surface area is 137 Å². The quantitative estimate of drug-likeness (QED) is 0.813. The van der Waals surface area contributed by atoms with Gasteiger partial charge in [-0.2, -0.15) is 0 Å². The molecule has 2 rings (SSSR count). The zero-order chi connectivity index (χ0) is 16.9. The molecule has 0 amide bonds. The van der Waals surface area contributed by atoms with Crippen molar-refractivity contribution in [2.24, 2.45) is 0 Å². The molecule has 0 aliphatic carbocycles. The van der Waals surface area contributed by atoms with Gasteiger partial charge in [0, 0.05) is 6.54 Å². The summed E-state index contributed by atoms with van der Waals surface area (Å²) in [5.74, 6) is 0.896. The molecule has 6 nitrogen and oxygen atoms in total. The van der Waals surface area contributed by atoms with Gasteiger partial charge in [0.2, 0.25) is 0 Å². The highest BCUT2D eigenvalue weighted by Crippen LogP contribution is 2.23. The molecule has 0 aliphatic heterocycles. The first-order chi connectivity index (χ1) is 11.0. The molecule has 124 valence electrons. The van der Waals surface area contributed by atoms with Crippen molar-refractivity contribution >= 4 is 21.5 Å². The molecule has 0 fully saturated rings. The van der Waals surface area contributed by atoms with Gasteiger partial charge in [-0.15, -0.1) is 0 Å². The molecule has 1 heterocycles. The van der Waals surface area contributed by atoms with E-state index in [4.69, 9.17) is 4.74 Å².